The van der Waals surface area contributed by atoms with Gasteiger partial charge in [-0.25, -0.2) is 0 Å². The van der Waals surface area contributed by atoms with Crippen LogP contribution < -0.4 is 0 Å². The predicted octanol–water partition coefficient (Wildman–Crippen LogP) is 3.83. The Morgan fingerprint density at radius 3 is 1.50 bits per heavy atom. The zero-order valence-electron chi connectivity index (χ0n) is 12.5. The Morgan fingerprint density at radius 1 is 0.750 bits per heavy atom. The van der Waals surface area contributed by atoms with E-state index in [0.717, 1.165) is 38.5 Å². The molecule has 0 fully saturated rings. The standard InChI is InChI=1S/C14H26O4S2/c1-3-5-7-9-17-13(15)11-19-20-12-14(16)18-10-8-6-4-2/h3-12H2,1-2H3. The third kappa shape index (κ3) is 14.1. The highest BCUT2D eigenvalue weighted by Gasteiger charge is 2.06. The van der Waals surface area contributed by atoms with Crippen LogP contribution in [-0.2, 0) is 19.1 Å². The maximum Gasteiger partial charge on any atom is 0.316 e. The molecule has 0 bridgehead atoms. The van der Waals surface area contributed by atoms with Crippen LogP contribution in [0.2, 0.25) is 0 Å². The van der Waals surface area contributed by atoms with Crippen LogP contribution in [0.5, 0.6) is 0 Å². The summed E-state index contributed by atoms with van der Waals surface area (Å²) in [7, 11) is 2.68. The number of carbonyl (C=O) groups is 2. The Hall–Kier alpha value is -0.360. The van der Waals surface area contributed by atoms with E-state index in [1.807, 2.05) is 0 Å². The third-order valence-electron chi connectivity index (χ3n) is 2.46. The van der Waals surface area contributed by atoms with E-state index in [2.05, 4.69) is 13.8 Å². The van der Waals surface area contributed by atoms with Crippen LogP contribution in [-0.4, -0.2) is 36.7 Å². The van der Waals surface area contributed by atoms with Crippen LogP contribution in [0, 0.1) is 0 Å². The Labute approximate surface area is 130 Å². The van der Waals surface area contributed by atoms with Gasteiger partial charge in [0.2, 0.25) is 0 Å². The highest BCUT2D eigenvalue weighted by molar-refractivity contribution is 8.77. The van der Waals surface area contributed by atoms with Crippen LogP contribution in [0.4, 0.5) is 0 Å². The summed E-state index contributed by atoms with van der Waals surface area (Å²) in [5, 5.41) is 0. The molecule has 6 heteroatoms. The first-order valence-corrected chi connectivity index (χ1v) is 9.75. The molecule has 0 amide bonds. The van der Waals surface area contributed by atoms with Crippen LogP contribution in [0.25, 0.3) is 0 Å². The van der Waals surface area contributed by atoms with E-state index in [4.69, 9.17) is 9.47 Å². The van der Waals surface area contributed by atoms with Crippen molar-refractivity contribution in [2.24, 2.45) is 0 Å². The average Bonchev–Trinajstić information content (AvgIpc) is 2.44. The summed E-state index contributed by atoms with van der Waals surface area (Å²) in [6, 6.07) is 0. The quantitative estimate of drug-likeness (QED) is 0.292. The summed E-state index contributed by atoms with van der Waals surface area (Å²) in [4.78, 5) is 22.6. The molecule has 0 radical (unpaired) electrons. The predicted molar refractivity (Wildman–Crippen MR) is 85.9 cm³/mol. The molecule has 0 aliphatic heterocycles. The van der Waals surface area contributed by atoms with Crippen molar-refractivity contribution in [1.82, 2.24) is 0 Å². The highest BCUT2D eigenvalue weighted by Crippen LogP contribution is 2.21. The topological polar surface area (TPSA) is 52.6 Å². The van der Waals surface area contributed by atoms with E-state index in [-0.39, 0.29) is 23.4 Å². The zero-order valence-corrected chi connectivity index (χ0v) is 14.2. The molecule has 20 heavy (non-hydrogen) atoms. The molecule has 0 atom stereocenters. The number of ether oxygens (including phenoxy) is 2. The number of esters is 2. The van der Waals surface area contributed by atoms with Crippen molar-refractivity contribution in [2.45, 2.75) is 52.4 Å². The minimum Gasteiger partial charge on any atom is -0.465 e. The summed E-state index contributed by atoms with van der Waals surface area (Å²) in [5.74, 6) is 0.129. The molecule has 0 aromatic heterocycles. The summed E-state index contributed by atoms with van der Waals surface area (Å²) in [5.41, 5.74) is 0. The van der Waals surface area contributed by atoms with Gasteiger partial charge >= 0.3 is 11.9 Å². The molecular formula is C14H26O4S2. The molecule has 0 unspecified atom stereocenters. The molecule has 0 aliphatic carbocycles. The van der Waals surface area contributed by atoms with E-state index in [0.29, 0.717) is 13.2 Å². The monoisotopic (exact) mass is 322 g/mol. The molecule has 0 rings (SSSR count). The lowest BCUT2D eigenvalue weighted by molar-refractivity contribution is -0.141. The molecule has 0 N–H and O–H groups in total. The summed E-state index contributed by atoms with van der Waals surface area (Å²) in [6.45, 7) is 5.21. The summed E-state index contributed by atoms with van der Waals surface area (Å²) in [6.07, 6.45) is 6.23. The Kier molecular flexibility index (Phi) is 14.8. The number of carbonyl (C=O) groups excluding carboxylic acids is 2. The molecule has 0 saturated heterocycles. The van der Waals surface area contributed by atoms with Crippen LogP contribution in [0.1, 0.15) is 52.4 Å². The van der Waals surface area contributed by atoms with E-state index < -0.39 is 0 Å². The van der Waals surface area contributed by atoms with Gasteiger partial charge < -0.3 is 9.47 Å². The van der Waals surface area contributed by atoms with Gasteiger partial charge in [0, 0.05) is 0 Å². The summed E-state index contributed by atoms with van der Waals surface area (Å²) >= 11 is 0. The fraction of sp³-hybridized carbons (Fsp3) is 0.857. The van der Waals surface area contributed by atoms with Crippen molar-refractivity contribution in [3.05, 3.63) is 0 Å². The number of hydrogen-bond acceptors (Lipinski definition) is 6. The van der Waals surface area contributed by atoms with Crippen molar-refractivity contribution in [3.8, 4) is 0 Å². The number of unbranched alkanes of at least 4 members (excludes halogenated alkanes) is 4. The second-order valence-corrected chi connectivity index (χ2v) is 6.84. The van der Waals surface area contributed by atoms with Gasteiger partial charge in [0.15, 0.2) is 0 Å². The summed E-state index contributed by atoms with van der Waals surface area (Å²) < 4.78 is 10.1. The molecular weight excluding hydrogens is 296 g/mol. The lowest BCUT2D eigenvalue weighted by Gasteiger charge is -2.05. The molecule has 0 aromatic carbocycles. The Morgan fingerprint density at radius 2 is 1.15 bits per heavy atom. The molecule has 0 aliphatic rings. The van der Waals surface area contributed by atoms with Crippen molar-refractivity contribution in [2.75, 3.05) is 24.7 Å². The third-order valence-corrected chi connectivity index (χ3v) is 4.54. The highest BCUT2D eigenvalue weighted by atomic mass is 33.1. The molecule has 4 nitrogen and oxygen atoms in total. The fourth-order valence-electron chi connectivity index (χ4n) is 1.34. The average molecular weight is 322 g/mol. The van der Waals surface area contributed by atoms with Gasteiger partial charge in [-0.05, 0) is 12.8 Å². The minimum absolute atomic E-state index is 0.213. The first-order chi connectivity index (χ1) is 9.70. The first kappa shape index (κ1) is 19.6. The van der Waals surface area contributed by atoms with Gasteiger partial charge in [-0.1, -0.05) is 61.1 Å². The van der Waals surface area contributed by atoms with Gasteiger partial charge in [0.25, 0.3) is 0 Å². The van der Waals surface area contributed by atoms with Crippen LogP contribution >= 0.6 is 21.6 Å². The fourth-order valence-corrected chi connectivity index (χ4v) is 2.94. The molecule has 0 saturated carbocycles. The lowest BCUT2D eigenvalue weighted by atomic mass is 10.3. The molecule has 0 heterocycles. The smallest absolute Gasteiger partial charge is 0.316 e. The second-order valence-electron chi connectivity index (χ2n) is 4.38. The minimum atomic E-state index is -0.213. The molecule has 0 spiro atoms. The van der Waals surface area contributed by atoms with Crippen molar-refractivity contribution in [3.63, 3.8) is 0 Å². The van der Waals surface area contributed by atoms with Crippen molar-refractivity contribution in [1.29, 1.82) is 0 Å². The van der Waals surface area contributed by atoms with Gasteiger partial charge in [0.1, 0.15) is 11.5 Å². The largest absolute Gasteiger partial charge is 0.465 e. The van der Waals surface area contributed by atoms with Crippen LogP contribution in [0.3, 0.4) is 0 Å². The second kappa shape index (κ2) is 15.0. The van der Waals surface area contributed by atoms with Gasteiger partial charge in [0.05, 0.1) is 13.2 Å². The lowest BCUT2D eigenvalue weighted by Crippen LogP contribution is -2.09. The van der Waals surface area contributed by atoms with Gasteiger partial charge in [-0.2, -0.15) is 0 Å². The van der Waals surface area contributed by atoms with E-state index in [1.54, 1.807) is 0 Å². The maximum absolute atomic E-state index is 11.3. The Balaban J connectivity index is 3.32. The van der Waals surface area contributed by atoms with E-state index in [1.165, 1.54) is 21.6 Å². The zero-order chi connectivity index (χ0) is 15.1. The van der Waals surface area contributed by atoms with E-state index in [9.17, 15) is 9.59 Å². The number of rotatable bonds is 13. The SMILES string of the molecule is CCCCCOC(=O)CSSCC(=O)OCCCCC. The van der Waals surface area contributed by atoms with Gasteiger partial charge in [-0.15, -0.1) is 0 Å². The van der Waals surface area contributed by atoms with Crippen molar-refractivity contribution < 1.29 is 19.1 Å². The first-order valence-electron chi connectivity index (χ1n) is 7.26. The van der Waals surface area contributed by atoms with Gasteiger partial charge in [-0.3, -0.25) is 9.59 Å². The number of hydrogen-bond donors (Lipinski definition) is 0. The molecule has 0 aromatic rings. The molecule has 118 valence electrons. The van der Waals surface area contributed by atoms with Crippen molar-refractivity contribution >= 4 is 33.5 Å². The Bertz CT molecular complexity index is 234. The van der Waals surface area contributed by atoms with E-state index >= 15 is 0 Å². The van der Waals surface area contributed by atoms with Crippen LogP contribution in [0.15, 0.2) is 0 Å². The normalized spacial score (nSPS) is 10.3. The maximum atomic E-state index is 11.3.